The van der Waals surface area contributed by atoms with Crippen LogP contribution in [0.2, 0.25) is 0 Å². The first-order valence-corrected chi connectivity index (χ1v) is 5.73. The summed E-state index contributed by atoms with van der Waals surface area (Å²) >= 11 is 0. The highest BCUT2D eigenvalue weighted by atomic mass is 16.5. The van der Waals surface area contributed by atoms with Gasteiger partial charge in [0.25, 0.3) is 0 Å². The van der Waals surface area contributed by atoms with E-state index < -0.39 is 5.97 Å². The standard InChI is InChI=1S/C11H21NO4/c1-3-9(7-15-2)12-4-5-16-8-10(12)6-11(13)14/h9-10H,3-8H2,1-2H3,(H,13,14). The van der Waals surface area contributed by atoms with Gasteiger partial charge in [0.1, 0.15) is 0 Å². The molecule has 1 fully saturated rings. The number of nitrogens with zero attached hydrogens (tertiary/aromatic N) is 1. The minimum absolute atomic E-state index is 0.0219. The molecule has 5 heteroatoms. The van der Waals surface area contributed by atoms with Crippen molar-refractivity contribution in [1.82, 2.24) is 4.90 Å². The first-order valence-electron chi connectivity index (χ1n) is 5.73. The molecule has 0 radical (unpaired) electrons. The van der Waals surface area contributed by atoms with Gasteiger partial charge < -0.3 is 14.6 Å². The average Bonchev–Trinajstić information content (AvgIpc) is 2.26. The second-order valence-electron chi connectivity index (χ2n) is 4.08. The summed E-state index contributed by atoms with van der Waals surface area (Å²) in [6.07, 6.45) is 1.10. The third-order valence-electron chi connectivity index (χ3n) is 2.98. The molecule has 0 aromatic rings. The summed E-state index contributed by atoms with van der Waals surface area (Å²) in [5.74, 6) is -0.771. The Morgan fingerprint density at radius 3 is 3.00 bits per heavy atom. The number of hydrogen-bond donors (Lipinski definition) is 1. The Labute approximate surface area is 96.3 Å². The van der Waals surface area contributed by atoms with E-state index in [1.54, 1.807) is 7.11 Å². The number of methoxy groups -OCH3 is 1. The van der Waals surface area contributed by atoms with E-state index in [2.05, 4.69) is 11.8 Å². The maximum atomic E-state index is 10.8. The summed E-state index contributed by atoms with van der Waals surface area (Å²) in [6, 6.07) is 0.268. The molecule has 0 bridgehead atoms. The normalized spacial score (nSPS) is 24.2. The van der Waals surface area contributed by atoms with Crippen LogP contribution in [0.25, 0.3) is 0 Å². The molecule has 1 heterocycles. The molecule has 0 saturated carbocycles. The van der Waals surface area contributed by atoms with Gasteiger partial charge in [0.05, 0.1) is 26.2 Å². The van der Waals surface area contributed by atoms with Crippen molar-refractivity contribution in [1.29, 1.82) is 0 Å². The predicted molar refractivity (Wildman–Crippen MR) is 59.5 cm³/mol. The number of ether oxygens (including phenoxy) is 2. The van der Waals surface area contributed by atoms with E-state index in [1.807, 2.05) is 0 Å². The van der Waals surface area contributed by atoms with Crippen LogP contribution < -0.4 is 0 Å². The fourth-order valence-corrected chi connectivity index (χ4v) is 2.17. The van der Waals surface area contributed by atoms with Gasteiger partial charge in [0.15, 0.2) is 0 Å². The van der Waals surface area contributed by atoms with Crippen LogP contribution in [-0.4, -0.2) is 61.5 Å². The number of carboxylic acid groups (broad SMARTS) is 1. The van der Waals surface area contributed by atoms with Crippen LogP contribution in [0.4, 0.5) is 0 Å². The van der Waals surface area contributed by atoms with E-state index in [-0.39, 0.29) is 12.5 Å². The highest BCUT2D eigenvalue weighted by Gasteiger charge is 2.29. The van der Waals surface area contributed by atoms with Crippen molar-refractivity contribution in [2.75, 3.05) is 33.5 Å². The predicted octanol–water partition coefficient (Wildman–Crippen LogP) is 0.587. The van der Waals surface area contributed by atoms with Gasteiger partial charge in [-0.1, -0.05) is 6.92 Å². The first-order chi connectivity index (χ1) is 7.69. The summed E-state index contributed by atoms with van der Waals surface area (Å²) in [5.41, 5.74) is 0. The average molecular weight is 231 g/mol. The second kappa shape index (κ2) is 6.83. The van der Waals surface area contributed by atoms with Crippen molar-refractivity contribution < 1.29 is 19.4 Å². The molecule has 94 valence electrons. The number of hydrogen-bond acceptors (Lipinski definition) is 4. The largest absolute Gasteiger partial charge is 0.481 e. The van der Waals surface area contributed by atoms with Gasteiger partial charge in [-0.2, -0.15) is 0 Å². The third-order valence-corrected chi connectivity index (χ3v) is 2.98. The molecule has 16 heavy (non-hydrogen) atoms. The molecule has 1 N–H and O–H groups in total. The lowest BCUT2D eigenvalue weighted by molar-refractivity contribution is -0.141. The van der Waals surface area contributed by atoms with Gasteiger partial charge in [-0.15, -0.1) is 0 Å². The fraction of sp³-hybridized carbons (Fsp3) is 0.909. The van der Waals surface area contributed by atoms with Crippen LogP contribution in [0.5, 0.6) is 0 Å². The summed E-state index contributed by atoms with van der Waals surface area (Å²) in [5, 5.41) is 8.85. The van der Waals surface area contributed by atoms with E-state index in [1.165, 1.54) is 0 Å². The quantitative estimate of drug-likeness (QED) is 0.725. The molecule has 0 aromatic heterocycles. The van der Waals surface area contributed by atoms with Gasteiger partial charge in [-0.25, -0.2) is 0 Å². The number of morpholine rings is 1. The molecule has 0 amide bonds. The Balaban J connectivity index is 2.60. The summed E-state index contributed by atoms with van der Waals surface area (Å²) in [6.45, 7) is 4.71. The number of rotatable bonds is 6. The van der Waals surface area contributed by atoms with Crippen LogP contribution >= 0.6 is 0 Å². The highest BCUT2D eigenvalue weighted by molar-refractivity contribution is 5.67. The Kier molecular flexibility index (Phi) is 5.73. The minimum atomic E-state index is -0.771. The zero-order valence-electron chi connectivity index (χ0n) is 10.0. The second-order valence-corrected chi connectivity index (χ2v) is 4.08. The molecular formula is C11H21NO4. The van der Waals surface area contributed by atoms with Gasteiger partial charge in [-0.3, -0.25) is 9.69 Å². The van der Waals surface area contributed by atoms with Crippen molar-refractivity contribution in [3.05, 3.63) is 0 Å². The summed E-state index contributed by atoms with van der Waals surface area (Å²) in [7, 11) is 1.68. The summed E-state index contributed by atoms with van der Waals surface area (Å²) in [4.78, 5) is 13.0. The maximum absolute atomic E-state index is 10.8. The number of carboxylic acids is 1. The lowest BCUT2D eigenvalue weighted by Crippen LogP contribution is -2.52. The van der Waals surface area contributed by atoms with Crippen LogP contribution in [0.15, 0.2) is 0 Å². The SMILES string of the molecule is CCC(COC)N1CCOCC1CC(=O)O. The van der Waals surface area contributed by atoms with Crippen molar-refractivity contribution in [2.24, 2.45) is 0 Å². The third kappa shape index (κ3) is 3.73. The van der Waals surface area contributed by atoms with E-state index in [4.69, 9.17) is 14.6 Å². The maximum Gasteiger partial charge on any atom is 0.305 e. The topological polar surface area (TPSA) is 59.0 Å². The molecule has 0 aliphatic carbocycles. The molecular weight excluding hydrogens is 210 g/mol. The summed E-state index contributed by atoms with van der Waals surface area (Å²) < 4.78 is 10.5. The molecule has 1 saturated heterocycles. The zero-order chi connectivity index (χ0) is 12.0. The Hall–Kier alpha value is -0.650. The molecule has 2 atom stereocenters. The molecule has 0 aromatic carbocycles. The Bertz CT molecular complexity index is 222. The number of aliphatic carboxylic acids is 1. The Morgan fingerprint density at radius 1 is 1.69 bits per heavy atom. The van der Waals surface area contributed by atoms with E-state index in [9.17, 15) is 4.79 Å². The monoisotopic (exact) mass is 231 g/mol. The molecule has 0 spiro atoms. The van der Waals surface area contributed by atoms with E-state index >= 15 is 0 Å². The van der Waals surface area contributed by atoms with Crippen molar-refractivity contribution >= 4 is 5.97 Å². The van der Waals surface area contributed by atoms with Gasteiger partial charge >= 0.3 is 5.97 Å². The van der Waals surface area contributed by atoms with Crippen molar-refractivity contribution in [3.8, 4) is 0 Å². The van der Waals surface area contributed by atoms with E-state index in [0.717, 1.165) is 13.0 Å². The van der Waals surface area contributed by atoms with Crippen molar-refractivity contribution in [3.63, 3.8) is 0 Å². The molecule has 2 unspecified atom stereocenters. The molecule has 1 aliphatic rings. The van der Waals surface area contributed by atoms with Crippen LogP contribution in [-0.2, 0) is 14.3 Å². The van der Waals surface area contributed by atoms with Gasteiger partial charge in [0, 0.05) is 25.7 Å². The molecule has 1 rings (SSSR count). The van der Waals surface area contributed by atoms with Gasteiger partial charge in [-0.05, 0) is 6.42 Å². The highest BCUT2D eigenvalue weighted by Crippen LogP contribution is 2.16. The Morgan fingerprint density at radius 2 is 2.44 bits per heavy atom. The molecule has 5 nitrogen and oxygen atoms in total. The smallest absolute Gasteiger partial charge is 0.305 e. The minimum Gasteiger partial charge on any atom is -0.481 e. The fourth-order valence-electron chi connectivity index (χ4n) is 2.17. The molecule has 1 aliphatic heterocycles. The first kappa shape index (κ1) is 13.4. The lowest BCUT2D eigenvalue weighted by Gasteiger charge is -2.39. The van der Waals surface area contributed by atoms with E-state index in [0.29, 0.717) is 25.9 Å². The lowest BCUT2D eigenvalue weighted by atomic mass is 10.1. The van der Waals surface area contributed by atoms with Crippen LogP contribution in [0.1, 0.15) is 19.8 Å². The zero-order valence-corrected chi connectivity index (χ0v) is 10.0. The van der Waals surface area contributed by atoms with Crippen LogP contribution in [0.3, 0.4) is 0 Å². The van der Waals surface area contributed by atoms with Crippen molar-refractivity contribution in [2.45, 2.75) is 31.8 Å². The van der Waals surface area contributed by atoms with Crippen LogP contribution in [0, 0.1) is 0 Å². The number of carbonyl (C=O) groups is 1. The van der Waals surface area contributed by atoms with Gasteiger partial charge in [0.2, 0.25) is 0 Å².